The zero-order valence-electron chi connectivity index (χ0n) is 22.4. The van der Waals surface area contributed by atoms with Gasteiger partial charge in [-0.2, -0.15) is 9.90 Å². The monoisotopic (exact) mass is 526 g/mol. The number of nitrogens with zero attached hydrogens (tertiary/aromatic N) is 5. The predicted molar refractivity (Wildman–Crippen MR) is 148 cm³/mol. The molecule has 0 aliphatic carbocycles. The van der Waals surface area contributed by atoms with Crippen molar-refractivity contribution in [1.82, 2.24) is 29.1 Å². The van der Waals surface area contributed by atoms with E-state index >= 15 is 0 Å². The minimum absolute atomic E-state index is 0.188. The number of rotatable bonds is 5. The fourth-order valence-electron chi connectivity index (χ4n) is 5.10. The van der Waals surface area contributed by atoms with Crippen molar-refractivity contribution < 1.29 is 9.47 Å². The second kappa shape index (κ2) is 9.70. The smallest absolute Gasteiger partial charge is 0.274 e. The van der Waals surface area contributed by atoms with Gasteiger partial charge in [0.1, 0.15) is 17.0 Å². The molecular formula is C29H30N6O4. The first-order chi connectivity index (χ1) is 18.8. The molecule has 39 heavy (non-hydrogen) atoms. The SMILES string of the molecule is Cc1cccc(C)c1Oc1cn(C)c(=O)cc1-c1cn(C)c(=O)c2[nH]c(-c3cnn(C4CCCCO4)n3)cc12. The number of aromatic nitrogens is 6. The molecule has 0 spiro atoms. The van der Waals surface area contributed by atoms with Gasteiger partial charge in [-0.25, -0.2) is 0 Å². The third-order valence-corrected chi connectivity index (χ3v) is 7.27. The molecule has 1 atom stereocenters. The zero-order chi connectivity index (χ0) is 27.3. The summed E-state index contributed by atoms with van der Waals surface area (Å²) in [6.45, 7) is 4.66. The highest BCUT2D eigenvalue weighted by Crippen LogP contribution is 2.38. The van der Waals surface area contributed by atoms with E-state index in [-0.39, 0.29) is 17.3 Å². The Kier molecular flexibility index (Phi) is 6.19. The van der Waals surface area contributed by atoms with Crippen molar-refractivity contribution in [1.29, 1.82) is 0 Å². The van der Waals surface area contributed by atoms with E-state index in [4.69, 9.17) is 9.47 Å². The van der Waals surface area contributed by atoms with Gasteiger partial charge in [-0.1, -0.05) is 18.2 Å². The number of hydrogen-bond donors (Lipinski definition) is 1. The summed E-state index contributed by atoms with van der Waals surface area (Å²) in [4.78, 5) is 30.8. The highest BCUT2D eigenvalue weighted by atomic mass is 16.5. The molecule has 4 aromatic heterocycles. The molecule has 0 saturated carbocycles. The van der Waals surface area contributed by atoms with Crippen LogP contribution in [0.3, 0.4) is 0 Å². The second-order valence-corrected chi connectivity index (χ2v) is 10.1. The molecule has 1 saturated heterocycles. The van der Waals surface area contributed by atoms with Crippen molar-refractivity contribution in [2.75, 3.05) is 6.61 Å². The molecule has 6 rings (SSSR count). The van der Waals surface area contributed by atoms with Crippen molar-refractivity contribution in [3.05, 3.63) is 80.8 Å². The summed E-state index contributed by atoms with van der Waals surface area (Å²) in [5.41, 5.74) is 4.52. The van der Waals surface area contributed by atoms with E-state index in [0.717, 1.165) is 36.1 Å². The lowest BCUT2D eigenvalue weighted by molar-refractivity contribution is -0.0479. The van der Waals surface area contributed by atoms with Gasteiger partial charge in [0.15, 0.2) is 12.0 Å². The van der Waals surface area contributed by atoms with Gasteiger partial charge in [0.25, 0.3) is 11.1 Å². The molecule has 5 heterocycles. The summed E-state index contributed by atoms with van der Waals surface area (Å²) in [5.74, 6) is 1.24. The fraction of sp³-hybridized carbons (Fsp3) is 0.310. The van der Waals surface area contributed by atoms with Gasteiger partial charge in [-0.15, -0.1) is 5.10 Å². The van der Waals surface area contributed by atoms with Crippen LogP contribution in [0.15, 0.2) is 58.5 Å². The molecule has 0 radical (unpaired) electrons. The molecule has 5 aromatic rings. The Morgan fingerprint density at radius 3 is 2.56 bits per heavy atom. The maximum absolute atomic E-state index is 13.2. The van der Waals surface area contributed by atoms with Crippen LogP contribution < -0.4 is 15.9 Å². The lowest BCUT2D eigenvalue weighted by Crippen LogP contribution is -2.20. The Labute approximate surface area is 224 Å². The minimum Gasteiger partial charge on any atom is -0.455 e. The molecule has 1 fully saturated rings. The summed E-state index contributed by atoms with van der Waals surface area (Å²) in [7, 11) is 3.38. The first-order valence-corrected chi connectivity index (χ1v) is 13.0. The Morgan fingerprint density at radius 2 is 1.82 bits per heavy atom. The van der Waals surface area contributed by atoms with Crippen molar-refractivity contribution in [2.45, 2.75) is 39.3 Å². The number of aromatic amines is 1. The largest absolute Gasteiger partial charge is 0.455 e. The van der Waals surface area contributed by atoms with Crippen molar-refractivity contribution in [2.24, 2.45) is 14.1 Å². The average Bonchev–Trinajstić information content (AvgIpc) is 3.59. The molecule has 1 unspecified atom stereocenters. The first-order valence-electron chi connectivity index (χ1n) is 13.0. The Hall–Kier alpha value is -4.44. The Bertz CT molecular complexity index is 1800. The van der Waals surface area contributed by atoms with E-state index in [1.165, 1.54) is 9.13 Å². The fourth-order valence-corrected chi connectivity index (χ4v) is 5.10. The predicted octanol–water partition coefficient (Wildman–Crippen LogP) is 4.60. The van der Waals surface area contributed by atoms with Gasteiger partial charge in [-0.05, 0) is 50.3 Å². The van der Waals surface area contributed by atoms with Crippen LogP contribution in [-0.4, -0.2) is 35.7 Å². The summed E-state index contributed by atoms with van der Waals surface area (Å²) in [6, 6.07) is 9.37. The first kappa shape index (κ1) is 24.9. The number of nitrogens with one attached hydrogen (secondary N) is 1. The highest BCUT2D eigenvalue weighted by Gasteiger charge is 2.22. The van der Waals surface area contributed by atoms with Crippen LogP contribution in [-0.2, 0) is 18.8 Å². The van der Waals surface area contributed by atoms with Gasteiger partial charge in [0.05, 0.1) is 18.1 Å². The zero-order valence-corrected chi connectivity index (χ0v) is 22.4. The molecule has 0 amide bonds. The number of fused-ring (bicyclic) bond motifs is 1. The van der Waals surface area contributed by atoms with Gasteiger partial charge in [0.2, 0.25) is 0 Å². The van der Waals surface area contributed by atoms with Gasteiger partial charge < -0.3 is 23.6 Å². The average molecular weight is 527 g/mol. The van der Waals surface area contributed by atoms with Crippen LogP contribution in [0.1, 0.15) is 36.6 Å². The molecule has 1 aliphatic rings. The van der Waals surface area contributed by atoms with Gasteiger partial charge in [0, 0.05) is 49.5 Å². The molecule has 10 heteroatoms. The molecule has 10 nitrogen and oxygen atoms in total. The number of benzene rings is 1. The third kappa shape index (κ3) is 4.46. The van der Waals surface area contributed by atoms with Gasteiger partial charge >= 0.3 is 0 Å². The maximum atomic E-state index is 13.2. The summed E-state index contributed by atoms with van der Waals surface area (Å²) >= 11 is 0. The number of hydrogen-bond acceptors (Lipinski definition) is 6. The van der Waals surface area contributed by atoms with E-state index in [1.54, 1.807) is 43.5 Å². The van der Waals surface area contributed by atoms with E-state index in [2.05, 4.69) is 15.2 Å². The standard InChI is InChI=1S/C29H30N6O4/c1-17-8-7-9-18(2)28(17)39-24-16-33(3)25(36)13-19(24)21-15-34(4)29(37)27-20(21)12-22(31-27)23-14-30-35(32-23)26-10-5-6-11-38-26/h7-9,12-16,26,31H,5-6,10-11H2,1-4H3. The van der Waals surface area contributed by atoms with Crippen molar-refractivity contribution >= 4 is 10.9 Å². The highest BCUT2D eigenvalue weighted by molar-refractivity contribution is 5.98. The van der Waals surface area contributed by atoms with Crippen LogP contribution in [0.2, 0.25) is 0 Å². The Balaban J connectivity index is 1.50. The van der Waals surface area contributed by atoms with Gasteiger partial charge in [-0.3, -0.25) is 9.59 Å². The normalized spacial score (nSPS) is 15.6. The number of para-hydroxylation sites is 1. The molecule has 1 aliphatic heterocycles. The summed E-state index contributed by atoms with van der Waals surface area (Å²) in [6.07, 6.45) is 7.86. The lowest BCUT2D eigenvalue weighted by atomic mass is 10.0. The molecular weight excluding hydrogens is 496 g/mol. The number of ether oxygens (including phenoxy) is 2. The molecule has 1 N–H and O–H groups in total. The van der Waals surface area contributed by atoms with Crippen molar-refractivity contribution in [3.8, 4) is 34.0 Å². The van der Waals surface area contributed by atoms with Crippen LogP contribution in [0, 0.1) is 13.8 Å². The van der Waals surface area contributed by atoms with Crippen LogP contribution >= 0.6 is 0 Å². The van der Waals surface area contributed by atoms with E-state index in [0.29, 0.717) is 45.8 Å². The third-order valence-electron chi connectivity index (χ3n) is 7.27. The number of pyridine rings is 2. The topological polar surface area (TPSA) is 109 Å². The Morgan fingerprint density at radius 1 is 1.03 bits per heavy atom. The quantitative estimate of drug-likeness (QED) is 0.359. The van der Waals surface area contributed by atoms with Crippen molar-refractivity contribution in [3.63, 3.8) is 0 Å². The second-order valence-electron chi connectivity index (χ2n) is 10.1. The minimum atomic E-state index is -0.191. The number of H-pyrrole nitrogens is 1. The molecule has 1 aromatic carbocycles. The maximum Gasteiger partial charge on any atom is 0.274 e. The number of aryl methyl sites for hydroxylation is 4. The molecule has 200 valence electrons. The van der Waals surface area contributed by atoms with Crippen LogP contribution in [0.25, 0.3) is 33.4 Å². The lowest BCUT2D eigenvalue weighted by Gasteiger charge is -2.21. The van der Waals surface area contributed by atoms with E-state index in [9.17, 15) is 9.59 Å². The van der Waals surface area contributed by atoms with Crippen LogP contribution in [0.5, 0.6) is 11.5 Å². The summed E-state index contributed by atoms with van der Waals surface area (Å²) < 4.78 is 15.2. The van der Waals surface area contributed by atoms with Crippen LogP contribution in [0.4, 0.5) is 0 Å². The van der Waals surface area contributed by atoms with E-state index in [1.807, 2.05) is 38.1 Å². The molecule has 0 bridgehead atoms. The van der Waals surface area contributed by atoms with E-state index < -0.39 is 0 Å². The summed E-state index contributed by atoms with van der Waals surface area (Å²) in [5, 5.41) is 9.72.